The lowest BCUT2D eigenvalue weighted by atomic mass is 10.1. The number of ether oxygens (including phenoxy) is 1. The first-order chi connectivity index (χ1) is 7.47. The molecular formula is C10H9BrClFO3. The third-order valence-corrected chi connectivity index (χ3v) is 3.46. The molecule has 1 atom stereocenters. The second kappa shape index (κ2) is 5.61. The van der Waals surface area contributed by atoms with E-state index in [1.54, 1.807) is 0 Å². The predicted molar refractivity (Wildman–Crippen MR) is 60.8 cm³/mol. The van der Waals surface area contributed by atoms with Gasteiger partial charge >= 0.3 is 5.97 Å². The molecule has 0 aliphatic heterocycles. The molecule has 0 saturated heterocycles. The smallest absolute Gasteiger partial charge is 0.335 e. The molecule has 6 heteroatoms. The maximum Gasteiger partial charge on any atom is 0.335 e. The number of carbonyl (C=O) groups is 1. The van der Waals surface area contributed by atoms with Crippen molar-refractivity contribution in [3.8, 4) is 0 Å². The molecule has 1 aromatic rings. The molecule has 0 fully saturated rings. The molecule has 0 aromatic heterocycles. The van der Waals surface area contributed by atoms with Crippen LogP contribution in [-0.4, -0.2) is 24.3 Å². The van der Waals surface area contributed by atoms with Gasteiger partial charge in [-0.25, -0.2) is 9.18 Å². The van der Waals surface area contributed by atoms with Crippen LogP contribution < -0.4 is 0 Å². The largest absolute Gasteiger partial charge is 0.467 e. The van der Waals surface area contributed by atoms with E-state index in [4.69, 9.17) is 11.6 Å². The molecule has 0 saturated carbocycles. The van der Waals surface area contributed by atoms with E-state index in [1.807, 2.05) is 0 Å². The minimum absolute atomic E-state index is 0.144. The predicted octanol–water partition coefficient (Wildman–Crippen LogP) is 2.32. The van der Waals surface area contributed by atoms with Crippen LogP contribution in [0.25, 0.3) is 0 Å². The van der Waals surface area contributed by atoms with Crippen LogP contribution in [0.5, 0.6) is 0 Å². The van der Waals surface area contributed by atoms with Gasteiger partial charge in [-0.05, 0) is 28.1 Å². The lowest BCUT2D eigenvalue weighted by Gasteiger charge is -2.11. The Hall–Kier alpha value is -0.650. The van der Waals surface area contributed by atoms with E-state index in [2.05, 4.69) is 20.7 Å². The van der Waals surface area contributed by atoms with Crippen LogP contribution in [0.4, 0.5) is 4.39 Å². The quantitative estimate of drug-likeness (QED) is 0.688. The molecule has 0 aliphatic carbocycles. The Morgan fingerprint density at radius 3 is 2.88 bits per heavy atom. The number of methoxy groups -OCH3 is 1. The molecule has 0 spiro atoms. The standard InChI is InChI=1S/C10H9BrClFO3/c1-16-10(15)8(14)4-5-7(13)3-2-6(12)9(5)11/h2-3,8,14H,4H2,1H3. The fourth-order valence-corrected chi connectivity index (χ4v) is 1.83. The Labute approximate surface area is 105 Å². The molecule has 16 heavy (non-hydrogen) atoms. The summed E-state index contributed by atoms with van der Waals surface area (Å²) in [7, 11) is 1.15. The topological polar surface area (TPSA) is 46.5 Å². The van der Waals surface area contributed by atoms with Crippen LogP contribution in [0.1, 0.15) is 5.56 Å². The zero-order valence-corrected chi connectivity index (χ0v) is 10.7. The van der Waals surface area contributed by atoms with Crippen LogP contribution in [0, 0.1) is 5.82 Å². The highest BCUT2D eigenvalue weighted by Crippen LogP contribution is 2.29. The average Bonchev–Trinajstić information content (AvgIpc) is 2.28. The molecule has 0 aliphatic rings. The second-order valence-corrected chi connectivity index (χ2v) is 4.27. The summed E-state index contributed by atoms with van der Waals surface area (Å²) in [4.78, 5) is 11.0. The maximum atomic E-state index is 13.4. The van der Waals surface area contributed by atoms with Crippen LogP contribution in [0.3, 0.4) is 0 Å². The molecule has 1 unspecified atom stereocenters. The van der Waals surface area contributed by atoms with Crippen LogP contribution in [-0.2, 0) is 16.0 Å². The normalized spacial score (nSPS) is 12.3. The van der Waals surface area contributed by atoms with Gasteiger partial charge in [0.25, 0.3) is 0 Å². The summed E-state index contributed by atoms with van der Waals surface area (Å²) < 4.78 is 18.1. The van der Waals surface area contributed by atoms with E-state index in [0.29, 0.717) is 9.50 Å². The van der Waals surface area contributed by atoms with Gasteiger partial charge < -0.3 is 9.84 Å². The van der Waals surface area contributed by atoms with Gasteiger partial charge in [-0.1, -0.05) is 11.6 Å². The van der Waals surface area contributed by atoms with Crippen molar-refractivity contribution in [2.75, 3.05) is 7.11 Å². The summed E-state index contributed by atoms with van der Waals surface area (Å²) in [5.74, 6) is -1.36. The van der Waals surface area contributed by atoms with Crippen molar-refractivity contribution in [1.29, 1.82) is 0 Å². The molecule has 0 heterocycles. The third-order valence-electron chi connectivity index (χ3n) is 2.01. The Balaban J connectivity index is 2.97. The number of halogens is 3. The Kier molecular flexibility index (Phi) is 4.70. The zero-order valence-electron chi connectivity index (χ0n) is 8.34. The summed E-state index contributed by atoms with van der Waals surface area (Å²) in [5.41, 5.74) is 0.144. The van der Waals surface area contributed by atoms with E-state index in [1.165, 1.54) is 12.1 Å². The van der Waals surface area contributed by atoms with E-state index < -0.39 is 17.9 Å². The second-order valence-electron chi connectivity index (χ2n) is 3.06. The van der Waals surface area contributed by atoms with Crippen LogP contribution >= 0.6 is 27.5 Å². The van der Waals surface area contributed by atoms with Crippen LogP contribution in [0.15, 0.2) is 16.6 Å². The van der Waals surface area contributed by atoms with E-state index in [9.17, 15) is 14.3 Å². The fourth-order valence-electron chi connectivity index (χ4n) is 1.17. The van der Waals surface area contributed by atoms with Crippen molar-refractivity contribution >= 4 is 33.5 Å². The first kappa shape index (κ1) is 13.4. The molecule has 0 radical (unpaired) electrons. The Morgan fingerprint density at radius 2 is 2.31 bits per heavy atom. The van der Waals surface area contributed by atoms with Crippen molar-refractivity contribution in [2.45, 2.75) is 12.5 Å². The summed E-state index contributed by atoms with van der Waals surface area (Å²) in [6.07, 6.45) is -1.60. The number of esters is 1. The summed E-state index contributed by atoms with van der Waals surface area (Å²) in [6.45, 7) is 0. The molecule has 0 amide bonds. The van der Waals surface area contributed by atoms with Crippen molar-refractivity contribution in [2.24, 2.45) is 0 Å². The average molecular weight is 312 g/mol. The van der Waals surface area contributed by atoms with E-state index in [-0.39, 0.29) is 12.0 Å². The van der Waals surface area contributed by atoms with Crippen molar-refractivity contribution in [3.05, 3.63) is 33.0 Å². The maximum absolute atomic E-state index is 13.4. The van der Waals surface area contributed by atoms with Crippen molar-refractivity contribution in [1.82, 2.24) is 0 Å². The number of carbonyl (C=O) groups excluding carboxylic acids is 1. The van der Waals surface area contributed by atoms with Gasteiger partial charge in [0, 0.05) is 16.5 Å². The molecule has 1 rings (SSSR count). The number of hydrogen-bond acceptors (Lipinski definition) is 3. The van der Waals surface area contributed by atoms with Gasteiger partial charge in [0.15, 0.2) is 6.10 Å². The van der Waals surface area contributed by atoms with Crippen molar-refractivity contribution in [3.63, 3.8) is 0 Å². The fraction of sp³-hybridized carbons (Fsp3) is 0.300. The lowest BCUT2D eigenvalue weighted by Crippen LogP contribution is -2.24. The van der Waals surface area contributed by atoms with E-state index >= 15 is 0 Å². The van der Waals surface area contributed by atoms with Crippen LogP contribution in [0.2, 0.25) is 5.02 Å². The summed E-state index contributed by atoms with van der Waals surface area (Å²) in [5, 5.41) is 9.72. The minimum atomic E-state index is -1.41. The van der Waals surface area contributed by atoms with Gasteiger partial charge in [-0.2, -0.15) is 0 Å². The highest BCUT2D eigenvalue weighted by atomic mass is 79.9. The first-order valence-electron chi connectivity index (χ1n) is 4.35. The molecule has 1 N–H and O–H groups in total. The summed E-state index contributed by atoms with van der Waals surface area (Å²) in [6, 6.07) is 2.56. The highest BCUT2D eigenvalue weighted by molar-refractivity contribution is 9.10. The summed E-state index contributed by atoms with van der Waals surface area (Å²) >= 11 is 8.87. The number of aliphatic hydroxyl groups is 1. The van der Waals surface area contributed by atoms with Crippen molar-refractivity contribution < 1.29 is 19.0 Å². The monoisotopic (exact) mass is 310 g/mol. The number of benzene rings is 1. The Morgan fingerprint density at radius 1 is 1.69 bits per heavy atom. The van der Waals surface area contributed by atoms with Gasteiger partial charge in [-0.3, -0.25) is 0 Å². The van der Waals surface area contributed by atoms with Gasteiger partial charge in [0.2, 0.25) is 0 Å². The Bertz CT molecular complexity index is 411. The SMILES string of the molecule is COC(=O)C(O)Cc1c(F)ccc(Cl)c1Br. The number of hydrogen-bond donors (Lipinski definition) is 1. The molecule has 88 valence electrons. The minimum Gasteiger partial charge on any atom is -0.467 e. The van der Waals surface area contributed by atoms with Gasteiger partial charge in [0.05, 0.1) is 12.1 Å². The zero-order chi connectivity index (χ0) is 12.3. The molecule has 1 aromatic carbocycles. The lowest BCUT2D eigenvalue weighted by molar-refractivity contribution is -0.150. The molecule has 0 bridgehead atoms. The van der Waals surface area contributed by atoms with Gasteiger partial charge in [0.1, 0.15) is 5.82 Å². The number of rotatable bonds is 3. The highest BCUT2D eigenvalue weighted by Gasteiger charge is 2.20. The van der Waals surface area contributed by atoms with Gasteiger partial charge in [-0.15, -0.1) is 0 Å². The third kappa shape index (κ3) is 2.93. The number of aliphatic hydroxyl groups excluding tert-OH is 1. The molecule has 3 nitrogen and oxygen atoms in total. The first-order valence-corrected chi connectivity index (χ1v) is 5.52. The molecular weight excluding hydrogens is 302 g/mol. The van der Waals surface area contributed by atoms with E-state index in [0.717, 1.165) is 7.11 Å².